The van der Waals surface area contributed by atoms with Gasteiger partial charge in [0.05, 0.1) is 18.6 Å². The summed E-state index contributed by atoms with van der Waals surface area (Å²) in [6, 6.07) is 9.93. The third-order valence-electron chi connectivity index (χ3n) is 2.31. The fourth-order valence-electron chi connectivity index (χ4n) is 1.23. The second-order valence-electron chi connectivity index (χ2n) is 4.39. The monoisotopic (exact) mass is 236 g/mol. The van der Waals surface area contributed by atoms with Crippen LogP contribution in [0.5, 0.6) is 0 Å². The molecule has 0 amide bonds. The van der Waals surface area contributed by atoms with Gasteiger partial charge in [-0.25, -0.2) is 0 Å². The first-order chi connectivity index (χ1) is 8.09. The predicted octanol–water partition coefficient (Wildman–Crippen LogP) is 2.79. The number of rotatable bonds is 6. The highest BCUT2D eigenvalue weighted by molar-refractivity contribution is 5.71. The van der Waals surface area contributed by atoms with Gasteiger partial charge in [0.2, 0.25) is 0 Å². The van der Waals surface area contributed by atoms with Crippen molar-refractivity contribution in [3.8, 4) is 0 Å². The van der Waals surface area contributed by atoms with Crippen LogP contribution in [0.2, 0.25) is 0 Å². The number of hydrogen-bond acceptors (Lipinski definition) is 3. The number of hydrogen-bond donors (Lipinski definition) is 0. The molecule has 94 valence electrons. The minimum atomic E-state index is -0.180. The van der Waals surface area contributed by atoms with E-state index in [0.717, 1.165) is 5.56 Å². The third kappa shape index (κ3) is 5.50. The molecule has 0 radical (unpaired) electrons. The lowest BCUT2D eigenvalue weighted by Crippen LogP contribution is -2.21. The van der Waals surface area contributed by atoms with Crippen molar-refractivity contribution in [2.24, 2.45) is 5.92 Å². The number of carbonyl (C=O) groups is 1. The summed E-state index contributed by atoms with van der Waals surface area (Å²) < 4.78 is 10.7. The van der Waals surface area contributed by atoms with Crippen molar-refractivity contribution in [3.63, 3.8) is 0 Å². The van der Waals surface area contributed by atoms with E-state index >= 15 is 0 Å². The average molecular weight is 236 g/mol. The van der Waals surface area contributed by atoms with Crippen LogP contribution >= 0.6 is 0 Å². The molecule has 0 saturated carbocycles. The molecule has 0 aliphatic carbocycles. The van der Waals surface area contributed by atoms with Crippen LogP contribution in [-0.2, 0) is 20.9 Å². The average Bonchev–Trinajstić information content (AvgIpc) is 2.34. The van der Waals surface area contributed by atoms with Gasteiger partial charge in [0.25, 0.3) is 0 Å². The minimum absolute atomic E-state index is 0.0853. The molecule has 0 bridgehead atoms. The molecule has 1 aromatic carbocycles. The first-order valence-corrected chi connectivity index (χ1v) is 5.91. The van der Waals surface area contributed by atoms with Gasteiger partial charge in [-0.05, 0) is 12.5 Å². The molecular formula is C14H20O3. The van der Waals surface area contributed by atoms with Gasteiger partial charge in [-0.3, -0.25) is 4.79 Å². The first kappa shape index (κ1) is 13.7. The van der Waals surface area contributed by atoms with Crippen molar-refractivity contribution in [2.75, 3.05) is 6.61 Å². The molecule has 3 nitrogen and oxygen atoms in total. The number of ether oxygens (including phenoxy) is 2. The molecule has 0 aliphatic heterocycles. The zero-order valence-corrected chi connectivity index (χ0v) is 10.7. The summed E-state index contributed by atoms with van der Waals surface area (Å²) in [6.07, 6.45) is -0.0853. The van der Waals surface area contributed by atoms with Crippen molar-refractivity contribution in [2.45, 2.75) is 33.5 Å². The maximum atomic E-state index is 11.2. The minimum Gasteiger partial charge on any atom is -0.463 e. The van der Waals surface area contributed by atoms with Crippen LogP contribution < -0.4 is 0 Å². The van der Waals surface area contributed by atoms with Gasteiger partial charge < -0.3 is 9.47 Å². The zero-order chi connectivity index (χ0) is 12.7. The predicted molar refractivity (Wildman–Crippen MR) is 66.5 cm³/mol. The first-order valence-electron chi connectivity index (χ1n) is 5.91. The lowest BCUT2D eigenvalue weighted by molar-refractivity contribution is -0.151. The van der Waals surface area contributed by atoms with E-state index in [1.807, 2.05) is 51.1 Å². The topological polar surface area (TPSA) is 35.5 Å². The summed E-state index contributed by atoms with van der Waals surface area (Å²) in [6.45, 7) is 6.39. The number of esters is 1. The van der Waals surface area contributed by atoms with Crippen LogP contribution in [0, 0.1) is 5.92 Å². The maximum absolute atomic E-state index is 11.2. The van der Waals surface area contributed by atoms with Crippen LogP contribution in [0.4, 0.5) is 0 Å². The highest BCUT2D eigenvalue weighted by Gasteiger charge is 2.11. The largest absolute Gasteiger partial charge is 0.463 e. The Labute approximate surface area is 103 Å². The fraction of sp³-hybridized carbons (Fsp3) is 0.500. The van der Waals surface area contributed by atoms with Gasteiger partial charge in [0, 0.05) is 0 Å². The third-order valence-corrected chi connectivity index (χ3v) is 2.31. The molecule has 0 saturated heterocycles. The SMILES string of the molecule is CC(C)C(=O)OC[C@H](C)OCc1ccccc1. The Bertz CT molecular complexity index is 333. The smallest absolute Gasteiger partial charge is 0.308 e. The van der Waals surface area contributed by atoms with Crippen LogP contribution in [0.15, 0.2) is 30.3 Å². The maximum Gasteiger partial charge on any atom is 0.308 e. The van der Waals surface area contributed by atoms with E-state index in [1.165, 1.54) is 0 Å². The Morgan fingerprint density at radius 1 is 1.18 bits per heavy atom. The molecule has 17 heavy (non-hydrogen) atoms. The molecule has 3 heteroatoms. The summed E-state index contributed by atoms with van der Waals surface area (Å²) in [7, 11) is 0. The van der Waals surface area contributed by atoms with E-state index in [2.05, 4.69) is 0 Å². The lowest BCUT2D eigenvalue weighted by atomic mass is 10.2. The molecule has 0 spiro atoms. The Balaban J connectivity index is 2.22. The Morgan fingerprint density at radius 3 is 2.41 bits per heavy atom. The second-order valence-corrected chi connectivity index (χ2v) is 4.39. The fourth-order valence-corrected chi connectivity index (χ4v) is 1.23. The summed E-state index contributed by atoms with van der Waals surface area (Å²) in [5.41, 5.74) is 1.12. The molecule has 1 rings (SSSR count). The Kier molecular flexibility index (Phi) is 5.70. The highest BCUT2D eigenvalue weighted by Crippen LogP contribution is 2.04. The molecule has 0 unspecified atom stereocenters. The summed E-state index contributed by atoms with van der Waals surface area (Å²) in [5.74, 6) is -0.267. The Hall–Kier alpha value is -1.35. The lowest BCUT2D eigenvalue weighted by Gasteiger charge is -2.14. The molecule has 0 aromatic heterocycles. The van der Waals surface area contributed by atoms with Gasteiger partial charge in [-0.1, -0.05) is 44.2 Å². The van der Waals surface area contributed by atoms with Crippen molar-refractivity contribution >= 4 is 5.97 Å². The van der Waals surface area contributed by atoms with Crippen molar-refractivity contribution in [1.29, 1.82) is 0 Å². The van der Waals surface area contributed by atoms with Gasteiger partial charge in [-0.2, -0.15) is 0 Å². The second kappa shape index (κ2) is 7.07. The number of carbonyl (C=O) groups excluding carboxylic acids is 1. The molecule has 0 N–H and O–H groups in total. The van der Waals surface area contributed by atoms with Gasteiger partial charge >= 0.3 is 5.97 Å². The highest BCUT2D eigenvalue weighted by atomic mass is 16.6. The quantitative estimate of drug-likeness (QED) is 0.712. The molecular weight excluding hydrogens is 216 g/mol. The van der Waals surface area contributed by atoms with E-state index in [4.69, 9.17) is 9.47 Å². The van der Waals surface area contributed by atoms with E-state index in [1.54, 1.807) is 0 Å². The summed E-state index contributed by atoms with van der Waals surface area (Å²) in [5, 5.41) is 0. The normalized spacial score (nSPS) is 12.5. The molecule has 0 aliphatic rings. The van der Waals surface area contributed by atoms with Gasteiger partial charge in [-0.15, -0.1) is 0 Å². The van der Waals surface area contributed by atoms with Crippen molar-refractivity contribution < 1.29 is 14.3 Å². The summed E-state index contributed by atoms with van der Waals surface area (Å²) in [4.78, 5) is 11.2. The van der Waals surface area contributed by atoms with Crippen LogP contribution in [0.1, 0.15) is 26.3 Å². The van der Waals surface area contributed by atoms with Gasteiger partial charge in [0.1, 0.15) is 6.61 Å². The van der Waals surface area contributed by atoms with Crippen molar-refractivity contribution in [3.05, 3.63) is 35.9 Å². The van der Waals surface area contributed by atoms with E-state index in [9.17, 15) is 4.79 Å². The van der Waals surface area contributed by atoms with Crippen LogP contribution in [0.25, 0.3) is 0 Å². The number of benzene rings is 1. The zero-order valence-electron chi connectivity index (χ0n) is 10.7. The van der Waals surface area contributed by atoms with E-state index in [0.29, 0.717) is 13.2 Å². The van der Waals surface area contributed by atoms with E-state index < -0.39 is 0 Å². The van der Waals surface area contributed by atoms with Crippen LogP contribution in [-0.4, -0.2) is 18.7 Å². The Morgan fingerprint density at radius 2 is 1.82 bits per heavy atom. The van der Waals surface area contributed by atoms with E-state index in [-0.39, 0.29) is 18.0 Å². The summed E-state index contributed by atoms with van der Waals surface area (Å²) >= 11 is 0. The molecule has 1 atom stereocenters. The van der Waals surface area contributed by atoms with Crippen molar-refractivity contribution in [1.82, 2.24) is 0 Å². The molecule has 0 heterocycles. The molecule has 1 aromatic rings. The molecule has 0 fully saturated rings. The van der Waals surface area contributed by atoms with Gasteiger partial charge in [0.15, 0.2) is 0 Å². The standard InChI is InChI=1S/C14H20O3/c1-11(2)14(15)17-9-12(3)16-10-13-7-5-4-6-8-13/h4-8,11-12H,9-10H2,1-3H3/t12-/m0/s1. The van der Waals surface area contributed by atoms with Crippen LogP contribution in [0.3, 0.4) is 0 Å².